The second-order valence-corrected chi connectivity index (χ2v) is 12.0. The number of rotatable bonds is 9. The highest BCUT2D eigenvalue weighted by Crippen LogP contribution is 2.48. The topological polar surface area (TPSA) is 78.6 Å². The van der Waals surface area contributed by atoms with Crippen LogP contribution in [0.5, 0.6) is 0 Å². The van der Waals surface area contributed by atoms with Crippen molar-refractivity contribution in [2.75, 3.05) is 13.1 Å². The van der Waals surface area contributed by atoms with Crippen molar-refractivity contribution in [3.63, 3.8) is 0 Å². The summed E-state index contributed by atoms with van der Waals surface area (Å²) in [6, 6.07) is 4.05. The Balaban J connectivity index is 0.000000307. The van der Waals surface area contributed by atoms with Crippen LogP contribution in [-0.2, 0) is 13.0 Å². The Bertz CT molecular complexity index is 1290. The summed E-state index contributed by atoms with van der Waals surface area (Å²) in [6.45, 7) is 10.6. The molecule has 0 amide bonds. The van der Waals surface area contributed by atoms with E-state index in [1.165, 1.54) is 30.6 Å². The number of alkyl halides is 3. The molecule has 214 valence electrons. The van der Waals surface area contributed by atoms with Crippen molar-refractivity contribution in [2.45, 2.75) is 76.6 Å². The van der Waals surface area contributed by atoms with Crippen LogP contribution in [0.3, 0.4) is 0 Å². The van der Waals surface area contributed by atoms with Crippen molar-refractivity contribution in [1.29, 1.82) is 0 Å². The fourth-order valence-electron chi connectivity index (χ4n) is 5.75. The van der Waals surface area contributed by atoms with Crippen LogP contribution < -0.4 is 10.6 Å². The average molecular weight is 555 g/mol. The number of aliphatic imine (C=N–C) groups is 1. The molecule has 0 bridgehead atoms. The molecule has 4 fully saturated rings. The van der Waals surface area contributed by atoms with Gasteiger partial charge in [-0.25, -0.2) is 4.63 Å². The van der Waals surface area contributed by atoms with Gasteiger partial charge in [0.2, 0.25) is 0 Å². The minimum absolute atomic E-state index is 0.117. The highest BCUT2D eigenvalue weighted by atomic mass is 19.4. The summed E-state index contributed by atoms with van der Waals surface area (Å²) in [5, 5.41) is 13.9. The van der Waals surface area contributed by atoms with E-state index in [9.17, 15) is 13.2 Å². The maximum atomic E-state index is 13.3. The molecule has 2 N–H and O–H groups in total. The summed E-state index contributed by atoms with van der Waals surface area (Å²) in [5.41, 5.74) is 5.65. The first-order valence-electron chi connectivity index (χ1n) is 14.4. The number of halogens is 3. The van der Waals surface area contributed by atoms with Crippen LogP contribution in [-0.4, -0.2) is 46.2 Å². The van der Waals surface area contributed by atoms with Gasteiger partial charge in [0.05, 0.1) is 23.8 Å². The molecule has 1 aromatic carbocycles. The Morgan fingerprint density at radius 1 is 1.15 bits per heavy atom. The molecule has 10 heteroatoms. The maximum absolute atomic E-state index is 13.3. The average Bonchev–Trinajstić information content (AvgIpc) is 3.84. The van der Waals surface area contributed by atoms with Crippen LogP contribution in [0.25, 0.3) is 5.70 Å². The van der Waals surface area contributed by atoms with Crippen molar-refractivity contribution in [1.82, 2.24) is 25.8 Å². The third-order valence-electron chi connectivity index (χ3n) is 8.78. The number of nitrogens with zero attached hydrogens (tertiary/aromatic N) is 4. The lowest BCUT2D eigenvalue weighted by Gasteiger charge is -2.27. The largest absolute Gasteiger partial charge is 0.410 e. The van der Waals surface area contributed by atoms with E-state index in [1.54, 1.807) is 0 Å². The van der Waals surface area contributed by atoms with Gasteiger partial charge in [-0.05, 0) is 78.6 Å². The lowest BCUT2D eigenvalue weighted by atomic mass is 10.0. The number of aromatic nitrogens is 2. The minimum atomic E-state index is -4.32. The zero-order valence-corrected chi connectivity index (χ0v) is 22.9. The smallest absolute Gasteiger partial charge is 0.378 e. The summed E-state index contributed by atoms with van der Waals surface area (Å²) >= 11 is 0. The third kappa shape index (κ3) is 6.05. The monoisotopic (exact) mass is 554 g/mol. The Hall–Kier alpha value is -3.30. The molecule has 2 aliphatic heterocycles. The first kappa shape index (κ1) is 26.9. The molecule has 0 radical (unpaired) electrons. The van der Waals surface area contributed by atoms with E-state index in [0.29, 0.717) is 30.3 Å². The summed E-state index contributed by atoms with van der Waals surface area (Å²) in [5.74, 6) is 4.09. The van der Waals surface area contributed by atoms with Gasteiger partial charge in [-0.1, -0.05) is 37.4 Å². The fourth-order valence-corrected chi connectivity index (χ4v) is 5.75. The number of benzene rings is 1. The van der Waals surface area contributed by atoms with E-state index >= 15 is 0 Å². The maximum Gasteiger partial charge on any atom is 0.410 e. The standard InChI is InChI=1S/C22H23F3N6O.C8H14/c1-12(20-21(15-5-6-15)30-32-29-20)26-9-17-8-16-4-3-14(7-18(16)28-17)11-31-13(2)27-10-19(31)22(23,24)25;1-6(7-2-3-7)8-4-5-8/h3-4,7,15,19,26-27H,1-2,5-6,8-11H2;6-8H,2-5H2,1H3. The van der Waals surface area contributed by atoms with Crippen LogP contribution in [0.4, 0.5) is 18.9 Å². The molecular formula is C30H37F3N6O. The zero-order chi connectivity index (χ0) is 28.0. The SMILES string of the molecule is C=C(NCC1=Nc2cc(CN3C(=C)NCC3C(F)(F)F)ccc2C1)c1nonc1C1CC1.CC(C1CC1)C1CC1. The van der Waals surface area contributed by atoms with E-state index in [-0.39, 0.29) is 18.9 Å². The van der Waals surface area contributed by atoms with E-state index in [2.05, 4.69) is 46.0 Å². The number of hydrogen-bond donors (Lipinski definition) is 2. The number of nitrogens with one attached hydrogen (secondary N) is 2. The van der Waals surface area contributed by atoms with Gasteiger partial charge >= 0.3 is 6.18 Å². The normalized spacial score (nSPS) is 22.0. The van der Waals surface area contributed by atoms with Crippen molar-refractivity contribution in [3.05, 3.63) is 59.7 Å². The third-order valence-corrected chi connectivity index (χ3v) is 8.78. The minimum Gasteiger partial charge on any atom is -0.378 e. The molecule has 5 aliphatic rings. The number of fused-ring (bicyclic) bond motifs is 1. The van der Waals surface area contributed by atoms with Gasteiger partial charge in [0, 0.05) is 31.1 Å². The second kappa shape index (κ2) is 10.6. The van der Waals surface area contributed by atoms with Crippen molar-refractivity contribution in [2.24, 2.45) is 22.7 Å². The van der Waals surface area contributed by atoms with Crippen molar-refractivity contribution < 1.29 is 17.8 Å². The molecule has 1 atom stereocenters. The molecular weight excluding hydrogens is 517 g/mol. The first-order valence-corrected chi connectivity index (χ1v) is 14.4. The van der Waals surface area contributed by atoms with Crippen LogP contribution >= 0.6 is 0 Å². The van der Waals surface area contributed by atoms with Crippen molar-refractivity contribution >= 4 is 17.1 Å². The molecule has 40 heavy (non-hydrogen) atoms. The molecule has 3 heterocycles. The highest BCUT2D eigenvalue weighted by Gasteiger charge is 2.47. The number of hydrogen-bond acceptors (Lipinski definition) is 7. The molecule has 1 aromatic heterocycles. The molecule has 1 saturated heterocycles. The predicted molar refractivity (Wildman–Crippen MR) is 148 cm³/mol. The Morgan fingerprint density at radius 3 is 2.52 bits per heavy atom. The van der Waals surface area contributed by atoms with E-state index in [4.69, 9.17) is 4.63 Å². The van der Waals surface area contributed by atoms with E-state index < -0.39 is 12.2 Å². The Morgan fingerprint density at radius 2 is 1.88 bits per heavy atom. The van der Waals surface area contributed by atoms with Crippen LogP contribution in [0, 0.1) is 17.8 Å². The molecule has 0 spiro atoms. The first-order chi connectivity index (χ1) is 19.2. The van der Waals surface area contributed by atoms with Gasteiger partial charge in [0.25, 0.3) is 0 Å². The van der Waals surface area contributed by atoms with Gasteiger partial charge in [-0.15, -0.1) is 0 Å². The molecule has 2 aromatic rings. The quantitative estimate of drug-likeness (QED) is 0.391. The van der Waals surface area contributed by atoms with Crippen LogP contribution in [0.1, 0.15) is 73.9 Å². The molecule has 7 rings (SSSR count). The Kier molecular flexibility index (Phi) is 7.12. The lowest BCUT2D eigenvalue weighted by Crippen LogP contribution is -2.41. The second-order valence-electron chi connectivity index (χ2n) is 12.0. The summed E-state index contributed by atoms with van der Waals surface area (Å²) in [6.07, 6.45) is 4.68. The Labute approximate surface area is 233 Å². The van der Waals surface area contributed by atoms with Gasteiger partial charge in [0.15, 0.2) is 5.69 Å². The molecule has 3 saturated carbocycles. The van der Waals surface area contributed by atoms with Gasteiger partial charge < -0.3 is 15.5 Å². The molecule has 3 aliphatic carbocycles. The summed E-state index contributed by atoms with van der Waals surface area (Å²) in [7, 11) is 0. The van der Waals surface area contributed by atoms with Crippen LogP contribution in [0.2, 0.25) is 0 Å². The summed E-state index contributed by atoms with van der Waals surface area (Å²) in [4.78, 5) is 5.93. The van der Waals surface area contributed by atoms with Crippen LogP contribution in [0.15, 0.2) is 46.8 Å². The highest BCUT2D eigenvalue weighted by molar-refractivity contribution is 5.96. The van der Waals surface area contributed by atoms with E-state index in [1.807, 2.05) is 18.2 Å². The van der Waals surface area contributed by atoms with E-state index in [0.717, 1.165) is 58.8 Å². The van der Waals surface area contributed by atoms with Gasteiger partial charge in [-0.2, -0.15) is 13.2 Å². The summed E-state index contributed by atoms with van der Waals surface area (Å²) < 4.78 is 44.8. The van der Waals surface area contributed by atoms with Gasteiger partial charge in [0.1, 0.15) is 11.7 Å². The predicted octanol–water partition coefficient (Wildman–Crippen LogP) is 6.09. The molecule has 7 nitrogen and oxygen atoms in total. The fraction of sp³-hybridized carbons (Fsp3) is 0.567. The van der Waals surface area contributed by atoms with Crippen molar-refractivity contribution in [3.8, 4) is 0 Å². The van der Waals surface area contributed by atoms with Gasteiger partial charge in [-0.3, -0.25) is 4.99 Å². The lowest BCUT2D eigenvalue weighted by molar-refractivity contribution is -0.171. The molecule has 1 unspecified atom stereocenters. The zero-order valence-electron chi connectivity index (χ0n) is 22.9.